The average Bonchev–Trinajstić information content (AvgIpc) is 3.15. The minimum absolute atomic E-state index is 0. The Bertz CT molecular complexity index is 1450. The standard InChI is InChI=1S/C34H56N2O13P2.2CH4O.CH4.Fe/c1-4-33(51(45,46)47)35(22-27-12-7-9-15-30(27)40)32(23-37)34(24-38,18-11-5-6-13-28(39)17-19-49-21-20-48-3)36(25-50(42,43)44)26(2)29-14-8-10-16-31(29)41;2*1-2;;/h7-10,12,14-16,26,32-33,37-38,40-41H,4-6,11,13,17-25H2,1-3H3,(H2,42,43,44)(H2,45,46,47);2*2H,1H3;1H4;. The number of aliphatic hydroxyl groups excluding tert-OH is 4. The number of para-hydroxylation sites is 2. The number of unbranched alkanes of at least 4 members (excludes halogenated alkanes) is 2. The number of hydrogen-bond acceptors (Lipinski definition) is 13. The maximum Gasteiger partial charge on any atom is 0.342 e. The number of benzene rings is 2. The Balaban J connectivity index is -0.00000470. The number of phenolic OH excluding ortho intramolecular Hbond substituents is 2. The maximum absolute atomic E-state index is 13.0. The second-order valence-electron chi connectivity index (χ2n) is 12.7. The van der Waals surface area contributed by atoms with Gasteiger partial charge in [0.15, 0.2) is 0 Å². The molecule has 0 aliphatic heterocycles. The van der Waals surface area contributed by atoms with E-state index < -0.39 is 58.1 Å². The molecule has 4 atom stereocenters. The number of carbonyl (C=O) groups is 1. The summed E-state index contributed by atoms with van der Waals surface area (Å²) in [7, 11) is -6.36. The van der Waals surface area contributed by atoms with Crippen LogP contribution in [0.2, 0.25) is 0 Å². The van der Waals surface area contributed by atoms with E-state index in [0.29, 0.717) is 26.1 Å². The maximum atomic E-state index is 13.0. The number of methoxy groups -OCH3 is 1. The van der Waals surface area contributed by atoms with E-state index in [4.69, 9.17) is 19.7 Å². The topological polar surface area (TPSA) is 278 Å². The summed E-state index contributed by atoms with van der Waals surface area (Å²) in [6, 6.07) is 9.89. The first-order valence-corrected chi connectivity index (χ1v) is 21.4. The van der Waals surface area contributed by atoms with Crippen LogP contribution in [0.3, 0.4) is 0 Å². The molecule has 0 saturated heterocycles. The molecular weight excluding hydrogens is 830 g/mol. The van der Waals surface area contributed by atoms with Crippen LogP contribution >= 0.6 is 15.2 Å². The van der Waals surface area contributed by atoms with Crippen LogP contribution in [0.4, 0.5) is 0 Å². The van der Waals surface area contributed by atoms with Crippen molar-refractivity contribution < 1.29 is 90.7 Å². The molecule has 0 spiro atoms. The molecule has 2 rings (SSSR count). The molecule has 0 bridgehead atoms. The van der Waals surface area contributed by atoms with Crippen molar-refractivity contribution in [2.45, 2.75) is 96.2 Å². The Kier molecular flexibility index (Phi) is 32.5. The molecule has 0 radical (unpaired) electrons. The quantitative estimate of drug-likeness (QED) is 0.0367. The summed E-state index contributed by atoms with van der Waals surface area (Å²) in [6.45, 7) is 2.18. The molecule has 4 unspecified atom stereocenters. The molecule has 20 heteroatoms. The van der Waals surface area contributed by atoms with Gasteiger partial charge in [0, 0.05) is 75.0 Å². The zero-order valence-electron chi connectivity index (χ0n) is 32.9. The minimum Gasteiger partial charge on any atom is -0.508 e. The molecule has 0 fully saturated rings. The smallest absolute Gasteiger partial charge is 0.342 e. The average molecular weight is 899 g/mol. The number of aliphatic hydroxyl groups is 4. The predicted octanol–water partition coefficient (Wildman–Crippen LogP) is 3.53. The number of hydrogen-bond donors (Lipinski definition) is 10. The van der Waals surface area contributed by atoms with E-state index in [1.165, 1.54) is 28.9 Å². The molecule has 57 heavy (non-hydrogen) atoms. The van der Waals surface area contributed by atoms with Gasteiger partial charge in [-0.25, -0.2) is 0 Å². The minimum atomic E-state index is -4.97. The Labute approximate surface area is 348 Å². The molecular formula is C37H68FeN2O15P2. The Hall–Kier alpha value is -1.79. The van der Waals surface area contributed by atoms with Crippen LogP contribution < -0.4 is 0 Å². The number of nitrogens with zero attached hydrogens (tertiary/aromatic N) is 2. The van der Waals surface area contributed by atoms with Crippen molar-refractivity contribution in [3.05, 3.63) is 59.7 Å². The van der Waals surface area contributed by atoms with E-state index in [2.05, 4.69) is 0 Å². The van der Waals surface area contributed by atoms with Gasteiger partial charge in [0.1, 0.15) is 29.4 Å². The fourth-order valence-electron chi connectivity index (χ4n) is 6.63. The molecule has 2 aromatic rings. The van der Waals surface area contributed by atoms with E-state index in [9.17, 15) is 53.9 Å². The molecule has 334 valence electrons. The van der Waals surface area contributed by atoms with Crippen molar-refractivity contribution in [1.82, 2.24) is 9.80 Å². The largest absolute Gasteiger partial charge is 0.508 e. The van der Waals surface area contributed by atoms with E-state index >= 15 is 0 Å². The molecule has 0 aromatic heterocycles. The first-order valence-electron chi connectivity index (χ1n) is 17.9. The van der Waals surface area contributed by atoms with Gasteiger partial charge < -0.3 is 59.7 Å². The SMILES string of the molecule is C.CCC(N(Cc1ccccc1O)C(CO)C(CO)(CCCCCC(=O)CCOCCOC)N(CP(=O)(O)O)C(C)c1ccccc1O)P(=O)(O)O.CO.CO.[Fe]. The fourth-order valence-corrected chi connectivity index (χ4v) is 8.66. The third-order valence-corrected chi connectivity index (χ3v) is 11.3. The summed E-state index contributed by atoms with van der Waals surface area (Å²) in [5.74, 6) is -1.93. The number of aromatic hydroxyl groups is 2. The molecule has 10 N–H and O–H groups in total. The second kappa shape index (κ2) is 31.1. The van der Waals surface area contributed by atoms with E-state index in [1.807, 2.05) is 0 Å². The monoisotopic (exact) mass is 898 g/mol. The van der Waals surface area contributed by atoms with Gasteiger partial charge in [-0.15, -0.1) is 0 Å². The normalized spacial score (nSPS) is 14.1. The van der Waals surface area contributed by atoms with Gasteiger partial charge in [-0.3, -0.25) is 23.7 Å². The number of rotatable bonds is 26. The molecule has 0 heterocycles. The number of carbonyl (C=O) groups excluding carboxylic acids is 1. The molecule has 2 aromatic carbocycles. The van der Waals surface area contributed by atoms with Crippen LogP contribution in [0.5, 0.6) is 11.5 Å². The van der Waals surface area contributed by atoms with Gasteiger partial charge in [0.25, 0.3) is 0 Å². The Morgan fingerprint density at radius 1 is 0.842 bits per heavy atom. The van der Waals surface area contributed by atoms with Gasteiger partial charge in [-0.05, 0) is 38.3 Å². The van der Waals surface area contributed by atoms with Gasteiger partial charge in [-0.2, -0.15) is 0 Å². The van der Waals surface area contributed by atoms with Crippen molar-refractivity contribution in [2.24, 2.45) is 0 Å². The van der Waals surface area contributed by atoms with Crippen LogP contribution in [-0.2, 0) is 47.0 Å². The summed E-state index contributed by atoms with van der Waals surface area (Å²) < 4.78 is 36.1. The van der Waals surface area contributed by atoms with Crippen LogP contribution in [0.25, 0.3) is 0 Å². The molecule has 17 nitrogen and oxygen atoms in total. The van der Waals surface area contributed by atoms with Crippen molar-refractivity contribution in [1.29, 1.82) is 0 Å². The van der Waals surface area contributed by atoms with Crippen molar-refractivity contribution in [3.8, 4) is 11.5 Å². The number of phenols is 2. The summed E-state index contributed by atoms with van der Waals surface area (Å²) in [6.07, 6.45) is 0.482. The number of ether oxygens (including phenoxy) is 2. The summed E-state index contributed by atoms with van der Waals surface area (Å²) >= 11 is 0. The number of Topliss-reactive ketones (excluding diaryl/α,β-unsaturated/α-hetero) is 1. The van der Waals surface area contributed by atoms with Crippen LogP contribution in [0.15, 0.2) is 48.5 Å². The van der Waals surface area contributed by atoms with Crippen LogP contribution in [-0.4, -0.2) is 144 Å². The Morgan fingerprint density at radius 2 is 1.42 bits per heavy atom. The molecule has 0 aliphatic carbocycles. The molecule has 0 amide bonds. The second-order valence-corrected chi connectivity index (χ2v) is 16.1. The van der Waals surface area contributed by atoms with Gasteiger partial charge in [0.05, 0.1) is 44.6 Å². The van der Waals surface area contributed by atoms with Crippen molar-refractivity contribution in [3.63, 3.8) is 0 Å². The zero-order valence-corrected chi connectivity index (χ0v) is 35.8. The predicted molar refractivity (Wildman–Crippen MR) is 214 cm³/mol. The zero-order chi connectivity index (χ0) is 42.2. The van der Waals surface area contributed by atoms with Gasteiger partial charge in [-0.1, -0.05) is 63.6 Å². The summed E-state index contributed by atoms with van der Waals surface area (Å²) in [4.78, 5) is 57.0. The molecule has 0 aliphatic rings. The molecule has 0 saturated carbocycles. The van der Waals surface area contributed by atoms with Crippen molar-refractivity contribution in [2.75, 3.05) is 60.6 Å². The first-order chi connectivity index (χ1) is 26.1. The van der Waals surface area contributed by atoms with Crippen LogP contribution in [0, 0.1) is 0 Å². The third kappa shape index (κ3) is 19.9. The Morgan fingerprint density at radius 3 is 1.91 bits per heavy atom. The van der Waals surface area contributed by atoms with Gasteiger partial charge in [0.2, 0.25) is 0 Å². The summed E-state index contributed by atoms with van der Waals surface area (Å²) in [5, 5.41) is 58.1. The van der Waals surface area contributed by atoms with E-state index in [0.717, 1.165) is 14.2 Å². The van der Waals surface area contributed by atoms with Crippen LogP contribution in [0.1, 0.15) is 83.4 Å². The fraction of sp³-hybridized carbons (Fsp3) is 0.649. The van der Waals surface area contributed by atoms with E-state index in [-0.39, 0.29) is 98.2 Å². The number of ketones is 1. The van der Waals surface area contributed by atoms with E-state index in [1.54, 1.807) is 50.4 Å². The third-order valence-electron chi connectivity index (χ3n) is 9.23. The first kappa shape index (κ1) is 59.5. The summed E-state index contributed by atoms with van der Waals surface area (Å²) in [5.41, 5.74) is -1.29. The van der Waals surface area contributed by atoms with Gasteiger partial charge >= 0.3 is 15.2 Å². The van der Waals surface area contributed by atoms with Crippen molar-refractivity contribution >= 4 is 21.0 Å².